The van der Waals surface area contributed by atoms with Crippen LogP contribution in [0, 0.1) is 5.92 Å². The van der Waals surface area contributed by atoms with Gasteiger partial charge >= 0.3 is 0 Å². The highest BCUT2D eigenvalue weighted by molar-refractivity contribution is 7.91. The van der Waals surface area contributed by atoms with Gasteiger partial charge in [-0.3, -0.25) is 0 Å². The van der Waals surface area contributed by atoms with Crippen molar-refractivity contribution in [3.05, 3.63) is 24.3 Å². The third-order valence-electron chi connectivity index (χ3n) is 3.60. The van der Waals surface area contributed by atoms with Crippen molar-refractivity contribution in [3.8, 4) is 5.75 Å². The van der Waals surface area contributed by atoms with E-state index in [-0.39, 0.29) is 5.75 Å². The SMILES string of the molecule is CCCS(=O)(=O)c1ccc(OCC2CCNCC2)cc1. The summed E-state index contributed by atoms with van der Waals surface area (Å²) in [5.41, 5.74) is 0. The second kappa shape index (κ2) is 7.09. The molecule has 1 heterocycles. The quantitative estimate of drug-likeness (QED) is 0.875. The summed E-state index contributed by atoms with van der Waals surface area (Å²) in [6, 6.07) is 6.79. The molecule has 1 aromatic rings. The maximum absolute atomic E-state index is 11.9. The van der Waals surface area contributed by atoms with Crippen LogP contribution in [0.2, 0.25) is 0 Å². The van der Waals surface area contributed by atoms with E-state index < -0.39 is 9.84 Å². The Hall–Kier alpha value is -1.07. The van der Waals surface area contributed by atoms with Gasteiger partial charge in [-0.1, -0.05) is 6.92 Å². The second-order valence-electron chi connectivity index (χ2n) is 5.29. The lowest BCUT2D eigenvalue weighted by Crippen LogP contribution is -2.30. The molecule has 0 unspecified atom stereocenters. The normalized spacial score (nSPS) is 17.1. The van der Waals surface area contributed by atoms with Gasteiger partial charge in [-0.15, -0.1) is 0 Å². The Morgan fingerprint density at radius 1 is 1.20 bits per heavy atom. The van der Waals surface area contributed by atoms with Crippen LogP contribution in [0.5, 0.6) is 5.75 Å². The minimum Gasteiger partial charge on any atom is -0.493 e. The van der Waals surface area contributed by atoms with Crippen molar-refractivity contribution in [3.63, 3.8) is 0 Å². The molecule has 1 aromatic carbocycles. The summed E-state index contributed by atoms with van der Waals surface area (Å²) in [5, 5.41) is 3.33. The molecule has 2 rings (SSSR count). The highest BCUT2D eigenvalue weighted by Crippen LogP contribution is 2.19. The molecule has 0 saturated carbocycles. The number of benzene rings is 1. The molecule has 0 atom stereocenters. The fourth-order valence-corrected chi connectivity index (χ4v) is 3.72. The maximum Gasteiger partial charge on any atom is 0.178 e. The molecule has 0 spiro atoms. The topological polar surface area (TPSA) is 55.4 Å². The molecule has 0 aromatic heterocycles. The second-order valence-corrected chi connectivity index (χ2v) is 7.40. The van der Waals surface area contributed by atoms with E-state index in [1.807, 2.05) is 6.92 Å². The molecule has 0 aliphatic carbocycles. The summed E-state index contributed by atoms with van der Waals surface area (Å²) in [6.07, 6.45) is 2.92. The van der Waals surface area contributed by atoms with Crippen molar-refractivity contribution in [2.45, 2.75) is 31.1 Å². The van der Waals surface area contributed by atoms with Gasteiger partial charge in [-0.25, -0.2) is 8.42 Å². The molecule has 0 amide bonds. The van der Waals surface area contributed by atoms with E-state index in [9.17, 15) is 8.42 Å². The van der Waals surface area contributed by atoms with E-state index in [1.54, 1.807) is 24.3 Å². The van der Waals surface area contributed by atoms with Crippen molar-refractivity contribution in [2.75, 3.05) is 25.4 Å². The van der Waals surface area contributed by atoms with Crippen LogP contribution in [0.4, 0.5) is 0 Å². The molecule has 5 heteroatoms. The summed E-state index contributed by atoms with van der Waals surface area (Å²) in [5.74, 6) is 1.54. The lowest BCUT2D eigenvalue weighted by Gasteiger charge is -2.22. The van der Waals surface area contributed by atoms with Gasteiger partial charge in [-0.2, -0.15) is 0 Å². The average molecular weight is 297 g/mol. The molecule has 0 radical (unpaired) electrons. The van der Waals surface area contributed by atoms with Crippen LogP contribution >= 0.6 is 0 Å². The summed E-state index contributed by atoms with van der Waals surface area (Å²) in [7, 11) is -3.13. The van der Waals surface area contributed by atoms with Crippen molar-refractivity contribution in [2.24, 2.45) is 5.92 Å². The molecule has 4 nitrogen and oxygen atoms in total. The van der Waals surface area contributed by atoms with Crippen molar-refractivity contribution in [1.82, 2.24) is 5.32 Å². The number of piperidine rings is 1. The Kier molecular flexibility index (Phi) is 5.43. The number of ether oxygens (including phenoxy) is 1. The van der Waals surface area contributed by atoms with Gasteiger partial charge in [-0.05, 0) is 62.5 Å². The van der Waals surface area contributed by atoms with Crippen LogP contribution in [0.25, 0.3) is 0 Å². The van der Waals surface area contributed by atoms with Gasteiger partial charge in [0, 0.05) is 0 Å². The third-order valence-corrected chi connectivity index (χ3v) is 5.54. The molecule has 20 heavy (non-hydrogen) atoms. The van der Waals surface area contributed by atoms with Crippen molar-refractivity contribution >= 4 is 9.84 Å². The van der Waals surface area contributed by atoms with E-state index in [2.05, 4.69) is 5.32 Å². The average Bonchev–Trinajstić information content (AvgIpc) is 2.47. The minimum atomic E-state index is -3.13. The number of hydrogen-bond acceptors (Lipinski definition) is 4. The smallest absolute Gasteiger partial charge is 0.178 e. The Morgan fingerprint density at radius 2 is 1.85 bits per heavy atom. The number of nitrogens with one attached hydrogen (secondary N) is 1. The van der Waals surface area contributed by atoms with Crippen LogP contribution in [0.15, 0.2) is 29.2 Å². The number of sulfone groups is 1. The Bertz CT molecular complexity index is 504. The molecule has 1 saturated heterocycles. The number of rotatable bonds is 6. The lowest BCUT2D eigenvalue weighted by molar-refractivity contribution is 0.215. The molecular weight excluding hydrogens is 274 g/mol. The largest absolute Gasteiger partial charge is 0.493 e. The van der Waals surface area contributed by atoms with Gasteiger partial charge in [0.05, 0.1) is 17.3 Å². The highest BCUT2D eigenvalue weighted by atomic mass is 32.2. The highest BCUT2D eigenvalue weighted by Gasteiger charge is 2.15. The van der Waals surface area contributed by atoms with E-state index in [0.717, 1.165) is 31.7 Å². The monoisotopic (exact) mass is 297 g/mol. The zero-order valence-electron chi connectivity index (χ0n) is 12.0. The molecule has 112 valence electrons. The Morgan fingerprint density at radius 3 is 2.45 bits per heavy atom. The fourth-order valence-electron chi connectivity index (χ4n) is 2.39. The zero-order valence-corrected chi connectivity index (χ0v) is 12.8. The van der Waals surface area contributed by atoms with Gasteiger partial charge < -0.3 is 10.1 Å². The fraction of sp³-hybridized carbons (Fsp3) is 0.600. The molecule has 1 aliphatic heterocycles. The first-order chi connectivity index (χ1) is 9.62. The predicted molar refractivity (Wildman–Crippen MR) is 79.9 cm³/mol. The van der Waals surface area contributed by atoms with Crippen molar-refractivity contribution in [1.29, 1.82) is 0 Å². The first-order valence-corrected chi connectivity index (χ1v) is 8.93. The van der Waals surface area contributed by atoms with E-state index in [4.69, 9.17) is 4.74 Å². The van der Waals surface area contributed by atoms with E-state index in [1.165, 1.54) is 0 Å². The summed E-state index contributed by atoms with van der Waals surface area (Å²) in [4.78, 5) is 0.383. The summed E-state index contributed by atoms with van der Waals surface area (Å²) < 4.78 is 29.6. The lowest BCUT2D eigenvalue weighted by atomic mass is 9.99. The van der Waals surface area contributed by atoms with Gasteiger partial charge in [0.25, 0.3) is 0 Å². The van der Waals surface area contributed by atoms with Gasteiger partial charge in [0.2, 0.25) is 0 Å². The van der Waals surface area contributed by atoms with Crippen molar-refractivity contribution < 1.29 is 13.2 Å². The Labute approximate surface area is 121 Å². The zero-order chi connectivity index (χ0) is 14.4. The van der Waals surface area contributed by atoms with Gasteiger partial charge in [0.1, 0.15) is 5.75 Å². The molecular formula is C15H23NO3S. The standard InChI is InChI=1S/C15H23NO3S/c1-2-11-20(17,18)15-5-3-14(4-6-15)19-12-13-7-9-16-10-8-13/h3-6,13,16H,2,7-12H2,1H3. The first kappa shape index (κ1) is 15.3. The van der Waals surface area contributed by atoms with E-state index >= 15 is 0 Å². The third kappa shape index (κ3) is 4.21. The summed E-state index contributed by atoms with van der Waals surface area (Å²) >= 11 is 0. The Balaban J connectivity index is 1.91. The van der Waals surface area contributed by atoms with E-state index in [0.29, 0.717) is 23.8 Å². The van der Waals surface area contributed by atoms with Gasteiger partial charge in [0.15, 0.2) is 9.84 Å². The van der Waals surface area contributed by atoms with Crippen LogP contribution in [0.3, 0.4) is 0 Å². The predicted octanol–water partition coefficient (Wildman–Crippen LogP) is 2.25. The van der Waals surface area contributed by atoms with Crippen LogP contribution in [-0.2, 0) is 9.84 Å². The van der Waals surface area contributed by atoms with Crippen LogP contribution < -0.4 is 10.1 Å². The summed E-state index contributed by atoms with van der Waals surface area (Å²) in [6.45, 7) is 4.70. The van der Waals surface area contributed by atoms with Crippen LogP contribution in [-0.4, -0.2) is 33.9 Å². The molecule has 1 fully saturated rings. The molecule has 1 aliphatic rings. The first-order valence-electron chi connectivity index (χ1n) is 7.28. The molecule has 1 N–H and O–H groups in total. The molecule has 0 bridgehead atoms. The van der Waals surface area contributed by atoms with Crippen LogP contribution in [0.1, 0.15) is 26.2 Å². The minimum absolute atomic E-state index is 0.197. The maximum atomic E-state index is 11.9. The number of hydrogen-bond donors (Lipinski definition) is 1.